The van der Waals surface area contributed by atoms with Crippen LogP contribution < -0.4 is 9.63 Å². The van der Waals surface area contributed by atoms with Gasteiger partial charge in [-0.05, 0) is 0 Å². The van der Waals surface area contributed by atoms with Crippen LogP contribution >= 0.6 is 7.75 Å². The van der Waals surface area contributed by atoms with Gasteiger partial charge >= 0.3 is 25.9 Å². The van der Waals surface area contributed by atoms with Gasteiger partial charge in [0.2, 0.25) is 0 Å². The number of hydrogen-bond acceptors (Lipinski definition) is 5. The second-order valence-electron chi connectivity index (χ2n) is 1.58. The molecule has 9 nitrogen and oxygen atoms in total. The molecule has 0 unspecified atom stereocenters. The molecule has 5 N–H and O–H groups in total. The maximum absolute atomic E-state index is 10.4. The lowest BCUT2D eigenvalue weighted by Crippen LogP contribution is -2.33. The number of rotatable bonds is 3. The summed E-state index contributed by atoms with van der Waals surface area (Å²) in [6.45, 7) is 0. The van der Waals surface area contributed by atoms with Gasteiger partial charge in [-0.3, -0.25) is 0 Å². The van der Waals surface area contributed by atoms with E-state index in [4.69, 9.17) is 9.79 Å². The Bertz CT molecular complexity index is 395. The first-order chi connectivity index (χ1) is 4.96. The molecule has 12 heavy (non-hydrogen) atoms. The maximum atomic E-state index is 10.4. The van der Waals surface area contributed by atoms with Gasteiger partial charge in [-0.25, -0.2) is 9.70 Å². The highest BCUT2D eigenvalue weighted by molar-refractivity contribution is 8.66. The first-order valence-electron chi connectivity index (χ1n) is 2.08. The third-order valence-electron chi connectivity index (χ3n) is 0.537. The molecule has 0 spiro atoms. The molecule has 0 saturated carbocycles. The Labute approximate surface area is 67.3 Å². The fourth-order valence-corrected chi connectivity index (χ4v) is 3.59. The lowest BCUT2D eigenvalue weighted by Gasteiger charge is -2.04. The Morgan fingerprint density at radius 2 is 1.50 bits per heavy atom. The largest absolute Gasteiger partial charge is 0.414 e. The molecule has 74 valence electrons. The van der Waals surface area contributed by atoms with Gasteiger partial charge in [0.05, 0.1) is 0 Å². The summed E-state index contributed by atoms with van der Waals surface area (Å²) < 4.78 is 51.5. The molecule has 0 aromatic rings. The van der Waals surface area contributed by atoms with E-state index in [1.165, 1.54) is 0 Å². The quantitative estimate of drug-likeness (QED) is 0.305. The topological polar surface area (TPSA) is 164 Å². The summed E-state index contributed by atoms with van der Waals surface area (Å²) in [5.41, 5.74) is 0. The van der Waals surface area contributed by atoms with E-state index in [9.17, 15) is 21.4 Å². The summed E-state index contributed by atoms with van der Waals surface area (Å²) >= 11 is 0. The number of hydrogen-bond donors (Lipinski definition) is 4. The normalized spacial score (nSPS) is 14.6. The van der Waals surface area contributed by atoms with Gasteiger partial charge in [0, 0.05) is 0 Å². The van der Waals surface area contributed by atoms with Gasteiger partial charge < -0.3 is 9.79 Å². The Balaban J connectivity index is 5.11. The molecule has 0 saturated heterocycles. The van der Waals surface area contributed by atoms with E-state index in [0.717, 1.165) is 0 Å². The summed E-state index contributed by atoms with van der Waals surface area (Å²) in [6, 6.07) is 0. The van der Waals surface area contributed by atoms with E-state index in [1.54, 1.807) is 0 Å². The molecule has 0 aliphatic rings. The highest BCUT2D eigenvalue weighted by Gasteiger charge is 2.32. The zero-order valence-corrected chi connectivity index (χ0v) is 7.80. The first-order valence-corrected chi connectivity index (χ1v) is 7.24. The zero-order chi connectivity index (χ0) is 10.2. The molecule has 0 radical (unpaired) electrons. The van der Waals surface area contributed by atoms with Crippen LogP contribution in [0.3, 0.4) is 0 Å². The molecule has 0 aliphatic carbocycles. The van der Waals surface area contributed by atoms with E-state index in [2.05, 4.69) is 5.14 Å². The molecule has 0 amide bonds. The van der Waals surface area contributed by atoms with Crippen molar-refractivity contribution in [2.75, 3.05) is 0 Å². The Kier molecular flexibility index (Phi) is 3.02. The standard InChI is InChI=1S/H5N2O7PS2/c1-11(6,7)12(8,9)2-10(3,4)5/h(H2,1,6,7)(H3,2,3,4,5). The molecule has 0 heterocycles. The smallest absolute Gasteiger partial charge is 0.312 e. The van der Waals surface area contributed by atoms with Gasteiger partial charge in [-0.15, -0.1) is 4.49 Å². The van der Waals surface area contributed by atoms with Crippen LogP contribution in [-0.2, 0) is 22.7 Å². The molecule has 12 heteroatoms. The molecular formula is H5N2O7PS2. The van der Waals surface area contributed by atoms with E-state index >= 15 is 0 Å². The van der Waals surface area contributed by atoms with Crippen molar-refractivity contribution in [2.24, 2.45) is 5.14 Å². The minimum Gasteiger partial charge on any atom is -0.312 e. The average Bonchev–Trinajstić information content (AvgIpc) is 1.52. The summed E-state index contributed by atoms with van der Waals surface area (Å²) in [7, 11) is -15.5. The van der Waals surface area contributed by atoms with Crippen molar-refractivity contribution in [1.82, 2.24) is 4.49 Å². The molecule has 0 rings (SSSR count). The summed E-state index contributed by atoms with van der Waals surface area (Å²) in [5, 5.41) is 4.10. The van der Waals surface area contributed by atoms with Crippen LogP contribution in [0.4, 0.5) is 0 Å². The average molecular weight is 240 g/mol. The van der Waals surface area contributed by atoms with Crippen LogP contribution in [0.25, 0.3) is 0 Å². The Morgan fingerprint density at radius 3 is 1.58 bits per heavy atom. The second-order valence-corrected chi connectivity index (χ2v) is 8.00. The van der Waals surface area contributed by atoms with Gasteiger partial charge in [0.1, 0.15) is 0 Å². The van der Waals surface area contributed by atoms with Crippen LogP contribution in [0.15, 0.2) is 0 Å². The van der Waals surface area contributed by atoms with Crippen molar-refractivity contribution < 1.29 is 31.2 Å². The van der Waals surface area contributed by atoms with E-state index in [0.29, 0.717) is 4.49 Å². The van der Waals surface area contributed by atoms with Gasteiger partial charge in [-0.2, -0.15) is 16.8 Å². The molecule has 0 atom stereocenters. The number of nitrogens with two attached hydrogens (primary N) is 1. The second kappa shape index (κ2) is 3.03. The number of nitrogens with one attached hydrogen (secondary N) is 1. The summed E-state index contributed by atoms with van der Waals surface area (Å²) in [5.74, 6) is 0. The Hall–Kier alpha value is -0.0300. The first kappa shape index (κ1) is 12.0. The molecule has 0 bridgehead atoms. The SMILES string of the molecule is NS(=O)(=O)S(=O)(=O)NP(=O)(O)O. The monoisotopic (exact) mass is 240 g/mol. The lowest BCUT2D eigenvalue weighted by molar-refractivity contribution is 0.368. The van der Waals surface area contributed by atoms with E-state index in [1.807, 2.05) is 0 Å². The van der Waals surface area contributed by atoms with Crippen molar-refractivity contribution in [3.8, 4) is 0 Å². The van der Waals surface area contributed by atoms with Crippen LogP contribution in [0.1, 0.15) is 0 Å². The van der Waals surface area contributed by atoms with Crippen molar-refractivity contribution >= 4 is 25.9 Å². The minimum atomic E-state index is -5.22. The maximum Gasteiger partial charge on any atom is 0.414 e. The molecule has 0 aromatic heterocycles. The fourth-order valence-electron chi connectivity index (χ4n) is 0.198. The third kappa shape index (κ3) is 3.58. The van der Waals surface area contributed by atoms with Crippen molar-refractivity contribution in [1.29, 1.82) is 0 Å². The third-order valence-corrected chi connectivity index (χ3v) is 5.50. The van der Waals surface area contributed by atoms with Gasteiger partial charge in [0.25, 0.3) is 0 Å². The van der Waals surface area contributed by atoms with Crippen LogP contribution in [-0.4, -0.2) is 26.6 Å². The van der Waals surface area contributed by atoms with Crippen molar-refractivity contribution in [3.05, 3.63) is 0 Å². The molecule has 0 fully saturated rings. The minimum absolute atomic E-state index is 0.561. The van der Waals surface area contributed by atoms with Crippen LogP contribution in [0.5, 0.6) is 0 Å². The lowest BCUT2D eigenvalue weighted by atomic mass is 13.9. The van der Waals surface area contributed by atoms with Crippen LogP contribution in [0, 0.1) is 0 Å². The summed E-state index contributed by atoms with van der Waals surface area (Å²) in [6.07, 6.45) is 0. The zero-order valence-electron chi connectivity index (χ0n) is 5.28. The molecular weight excluding hydrogens is 235 g/mol. The van der Waals surface area contributed by atoms with Gasteiger partial charge in [0.15, 0.2) is 0 Å². The molecule has 0 aromatic carbocycles. The van der Waals surface area contributed by atoms with E-state index in [-0.39, 0.29) is 0 Å². The van der Waals surface area contributed by atoms with Crippen molar-refractivity contribution in [2.45, 2.75) is 0 Å². The predicted molar refractivity (Wildman–Crippen MR) is 37.2 cm³/mol. The van der Waals surface area contributed by atoms with Crippen LogP contribution in [0.2, 0.25) is 0 Å². The molecule has 0 aliphatic heterocycles. The fraction of sp³-hybridized carbons (Fsp3) is 0. The highest BCUT2D eigenvalue weighted by atomic mass is 33.2. The highest BCUT2D eigenvalue weighted by Crippen LogP contribution is 2.30. The predicted octanol–water partition coefficient (Wildman–Crippen LogP) is -2.80. The van der Waals surface area contributed by atoms with Gasteiger partial charge in [-0.1, -0.05) is 0 Å². The Morgan fingerprint density at radius 1 is 1.17 bits per heavy atom. The summed E-state index contributed by atoms with van der Waals surface area (Å²) in [4.78, 5) is 16.0. The van der Waals surface area contributed by atoms with Crippen molar-refractivity contribution in [3.63, 3.8) is 0 Å². The van der Waals surface area contributed by atoms with E-state index < -0.39 is 25.9 Å².